The van der Waals surface area contributed by atoms with Crippen LogP contribution >= 0.6 is 31.9 Å². The Hall–Kier alpha value is -0.910. The molecule has 0 heterocycles. The van der Waals surface area contributed by atoms with Crippen molar-refractivity contribution < 1.29 is 9.13 Å². The molecule has 0 fully saturated rings. The third-order valence-corrected chi connectivity index (χ3v) is 4.18. The first-order valence-corrected chi connectivity index (χ1v) is 7.61. The molecule has 0 aromatic heterocycles. The molecule has 2 rings (SSSR count). The minimum absolute atomic E-state index is 0.227. The van der Waals surface area contributed by atoms with E-state index in [-0.39, 0.29) is 11.9 Å². The molecule has 1 unspecified atom stereocenters. The van der Waals surface area contributed by atoms with Crippen LogP contribution in [0, 0.1) is 5.82 Å². The lowest BCUT2D eigenvalue weighted by Crippen LogP contribution is -2.19. The van der Waals surface area contributed by atoms with Gasteiger partial charge in [0.25, 0.3) is 0 Å². The van der Waals surface area contributed by atoms with Gasteiger partial charge in [-0.25, -0.2) is 4.39 Å². The van der Waals surface area contributed by atoms with Crippen molar-refractivity contribution in [3.05, 3.63) is 62.3 Å². The van der Waals surface area contributed by atoms with E-state index in [1.165, 1.54) is 6.07 Å². The van der Waals surface area contributed by atoms with E-state index < -0.39 is 0 Å². The van der Waals surface area contributed by atoms with Gasteiger partial charge in [-0.1, -0.05) is 22.0 Å². The second kappa shape index (κ2) is 6.70. The van der Waals surface area contributed by atoms with Crippen molar-refractivity contribution in [2.24, 2.45) is 0 Å². The van der Waals surface area contributed by atoms with Crippen LogP contribution in [0.15, 0.2) is 45.3 Å². The zero-order valence-electron chi connectivity index (χ0n) is 11.1. The third-order valence-electron chi connectivity index (χ3n) is 3.07. The van der Waals surface area contributed by atoms with Gasteiger partial charge in [0, 0.05) is 10.0 Å². The zero-order valence-corrected chi connectivity index (χ0v) is 14.3. The van der Waals surface area contributed by atoms with Crippen molar-refractivity contribution in [2.75, 3.05) is 14.2 Å². The van der Waals surface area contributed by atoms with Crippen LogP contribution in [0.4, 0.5) is 4.39 Å². The molecule has 5 heteroatoms. The Labute approximate surface area is 134 Å². The summed E-state index contributed by atoms with van der Waals surface area (Å²) in [6.07, 6.45) is 0. The van der Waals surface area contributed by atoms with Gasteiger partial charge >= 0.3 is 0 Å². The molecular formula is C15H14Br2FNO. The fraction of sp³-hybridized carbons (Fsp3) is 0.200. The van der Waals surface area contributed by atoms with Crippen molar-refractivity contribution in [1.82, 2.24) is 5.32 Å². The van der Waals surface area contributed by atoms with Crippen molar-refractivity contribution >= 4 is 31.9 Å². The van der Waals surface area contributed by atoms with Gasteiger partial charge in [0.15, 0.2) is 0 Å². The van der Waals surface area contributed by atoms with E-state index in [4.69, 9.17) is 4.74 Å². The first-order chi connectivity index (χ1) is 9.56. The van der Waals surface area contributed by atoms with Crippen LogP contribution in [0.25, 0.3) is 0 Å². The molecule has 0 spiro atoms. The van der Waals surface area contributed by atoms with E-state index in [1.54, 1.807) is 19.2 Å². The molecular weight excluding hydrogens is 389 g/mol. The van der Waals surface area contributed by atoms with Gasteiger partial charge in [-0.3, -0.25) is 0 Å². The topological polar surface area (TPSA) is 21.3 Å². The second-order valence-electron chi connectivity index (χ2n) is 4.28. The number of nitrogens with one attached hydrogen (secondary N) is 1. The first kappa shape index (κ1) is 15.5. The summed E-state index contributed by atoms with van der Waals surface area (Å²) in [6, 6.07) is 10.4. The smallest absolute Gasteiger partial charge is 0.133 e. The molecule has 0 bridgehead atoms. The normalized spacial score (nSPS) is 12.2. The highest BCUT2D eigenvalue weighted by atomic mass is 79.9. The van der Waals surface area contributed by atoms with Crippen LogP contribution in [-0.4, -0.2) is 14.2 Å². The molecule has 2 aromatic carbocycles. The highest BCUT2D eigenvalue weighted by Gasteiger charge is 2.17. The molecule has 20 heavy (non-hydrogen) atoms. The summed E-state index contributed by atoms with van der Waals surface area (Å²) in [5.74, 6) is 0.512. The maximum atomic E-state index is 14.0. The van der Waals surface area contributed by atoms with Crippen LogP contribution in [0.2, 0.25) is 0 Å². The van der Waals surface area contributed by atoms with Crippen LogP contribution in [0.3, 0.4) is 0 Å². The number of hydrogen-bond acceptors (Lipinski definition) is 2. The fourth-order valence-corrected chi connectivity index (χ4v) is 3.04. The van der Waals surface area contributed by atoms with E-state index in [1.807, 2.05) is 25.2 Å². The quantitative estimate of drug-likeness (QED) is 0.802. The average Bonchev–Trinajstić information content (AvgIpc) is 2.44. The SMILES string of the molecule is CNC(c1ccc(OC)c(Br)c1)c1cc(Br)ccc1F. The van der Waals surface area contributed by atoms with E-state index in [9.17, 15) is 4.39 Å². The Morgan fingerprint density at radius 3 is 2.50 bits per heavy atom. The Morgan fingerprint density at radius 2 is 1.90 bits per heavy atom. The van der Waals surface area contributed by atoms with Crippen LogP contribution in [0.1, 0.15) is 17.2 Å². The molecule has 2 aromatic rings. The summed E-state index contributed by atoms with van der Waals surface area (Å²) >= 11 is 6.83. The van der Waals surface area contributed by atoms with Crippen LogP contribution in [0.5, 0.6) is 5.75 Å². The van der Waals surface area contributed by atoms with Gasteiger partial charge in [0.05, 0.1) is 17.6 Å². The second-order valence-corrected chi connectivity index (χ2v) is 6.05. The summed E-state index contributed by atoms with van der Waals surface area (Å²) in [6.45, 7) is 0. The summed E-state index contributed by atoms with van der Waals surface area (Å²) in [7, 11) is 3.42. The minimum atomic E-state index is -0.237. The molecule has 0 saturated heterocycles. The molecule has 0 radical (unpaired) electrons. The van der Waals surface area contributed by atoms with Gasteiger partial charge in [0.1, 0.15) is 11.6 Å². The number of ether oxygens (including phenoxy) is 1. The van der Waals surface area contributed by atoms with E-state index in [2.05, 4.69) is 37.2 Å². The van der Waals surface area contributed by atoms with E-state index in [0.717, 1.165) is 20.3 Å². The summed E-state index contributed by atoms with van der Waals surface area (Å²) in [4.78, 5) is 0. The molecule has 0 aliphatic heterocycles. The lowest BCUT2D eigenvalue weighted by molar-refractivity contribution is 0.412. The zero-order chi connectivity index (χ0) is 14.7. The van der Waals surface area contributed by atoms with Gasteiger partial charge in [-0.15, -0.1) is 0 Å². The molecule has 2 nitrogen and oxygen atoms in total. The lowest BCUT2D eigenvalue weighted by Gasteiger charge is -2.19. The van der Waals surface area contributed by atoms with Crippen LogP contribution < -0.4 is 10.1 Å². The van der Waals surface area contributed by atoms with Crippen molar-refractivity contribution in [2.45, 2.75) is 6.04 Å². The predicted molar refractivity (Wildman–Crippen MR) is 85.7 cm³/mol. The number of hydrogen-bond donors (Lipinski definition) is 1. The summed E-state index contributed by atoms with van der Waals surface area (Å²) in [5, 5.41) is 3.14. The summed E-state index contributed by atoms with van der Waals surface area (Å²) < 4.78 is 20.9. The highest BCUT2D eigenvalue weighted by molar-refractivity contribution is 9.10. The minimum Gasteiger partial charge on any atom is -0.496 e. The molecule has 1 N–H and O–H groups in total. The van der Waals surface area contributed by atoms with Gasteiger partial charge in [0.2, 0.25) is 0 Å². The predicted octanol–water partition coefficient (Wildman–Crippen LogP) is 4.67. The fourth-order valence-electron chi connectivity index (χ4n) is 2.10. The summed E-state index contributed by atoms with van der Waals surface area (Å²) in [5.41, 5.74) is 1.55. The molecule has 0 aliphatic rings. The third kappa shape index (κ3) is 3.22. The Balaban J connectivity index is 2.46. The van der Waals surface area contributed by atoms with Crippen molar-refractivity contribution in [1.29, 1.82) is 0 Å². The Morgan fingerprint density at radius 1 is 1.15 bits per heavy atom. The van der Waals surface area contributed by atoms with Gasteiger partial charge in [-0.05, 0) is 58.9 Å². The van der Waals surface area contributed by atoms with E-state index in [0.29, 0.717) is 5.56 Å². The maximum absolute atomic E-state index is 14.0. The number of rotatable bonds is 4. The molecule has 1 atom stereocenters. The lowest BCUT2D eigenvalue weighted by atomic mass is 9.98. The molecule has 0 saturated carbocycles. The molecule has 0 amide bonds. The average molecular weight is 403 g/mol. The largest absolute Gasteiger partial charge is 0.496 e. The standard InChI is InChI=1S/C15H14Br2FNO/c1-19-15(11-8-10(16)4-5-13(11)18)9-3-6-14(20-2)12(17)7-9/h3-8,15,19H,1-2H3. The van der Waals surface area contributed by atoms with E-state index >= 15 is 0 Å². The monoisotopic (exact) mass is 401 g/mol. The highest BCUT2D eigenvalue weighted by Crippen LogP contribution is 2.32. The molecule has 106 valence electrons. The van der Waals surface area contributed by atoms with Gasteiger partial charge in [-0.2, -0.15) is 0 Å². The van der Waals surface area contributed by atoms with Crippen molar-refractivity contribution in [3.63, 3.8) is 0 Å². The molecule has 0 aliphatic carbocycles. The Kier molecular flexibility index (Phi) is 5.18. The number of halogens is 3. The van der Waals surface area contributed by atoms with Crippen LogP contribution in [-0.2, 0) is 0 Å². The number of benzene rings is 2. The first-order valence-electron chi connectivity index (χ1n) is 6.02. The number of methoxy groups -OCH3 is 1. The van der Waals surface area contributed by atoms with Crippen molar-refractivity contribution in [3.8, 4) is 5.75 Å². The van der Waals surface area contributed by atoms with Gasteiger partial charge < -0.3 is 10.1 Å². The maximum Gasteiger partial charge on any atom is 0.133 e. The Bertz CT molecular complexity index is 619.